The lowest BCUT2D eigenvalue weighted by atomic mass is 10.2. The first-order valence-electron chi connectivity index (χ1n) is 11.1. The summed E-state index contributed by atoms with van der Waals surface area (Å²) in [5, 5.41) is 21.7. The quantitative estimate of drug-likeness (QED) is 0.283. The Kier molecular flexibility index (Phi) is 7.60. The van der Waals surface area contributed by atoms with Crippen LogP contribution >= 0.6 is 11.8 Å². The van der Waals surface area contributed by atoms with Gasteiger partial charge in [-0.1, -0.05) is 18.7 Å². The van der Waals surface area contributed by atoms with E-state index in [1.54, 1.807) is 0 Å². The molecule has 182 valence electrons. The van der Waals surface area contributed by atoms with E-state index < -0.39 is 4.92 Å². The molecule has 35 heavy (non-hydrogen) atoms. The van der Waals surface area contributed by atoms with Crippen LogP contribution in [0, 0.1) is 10.1 Å². The minimum atomic E-state index is -0.483. The number of hydrogen-bond donors (Lipinski definition) is 1. The van der Waals surface area contributed by atoms with Crippen LogP contribution in [-0.4, -0.2) is 63.8 Å². The molecule has 2 amide bonds. The lowest BCUT2D eigenvalue weighted by Crippen LogP contribution is -2.48. The molecule has 0 spiro atoms. The van der Waals surface area contributed by atoms with E-state index in [-0.39, 0.29) is 34.4 Å². The van der Waals surface area contributed by atoms with Crippen LogP contribution < -0.4 is 10.2 Å². The summed E-state index contributed by atoms with van der Waals surface area (Å²) in [4.78, 5) is 38.6. The number of nitro benzene ring substituents is 1. The normalized spacial score (nSPS) is 13.5. The van der Waals surface area contributed by atoms with Gasteiger partial charge < -0.3 is 19.5 Å². The number of nitrogens with one attached hydrogen (secondary N) is 1. The average Bonchev–Trinajstić information content (AvgIpc) is 3.37. The molecule has 0 bridgehead atoms. The summed E-state index contributed by atoms with van der Waals surface area (Å²) >= 11 is 1.10. The van der Waals surface area contributed by atoms with Crippen LogP contribution in [0.5, 0.6) is 0 Å². The maximum atomic E-state index is 12.3. The molecule has 11 nitrogen and oxygen atoms in total. The first-order chi connectivity index (χ1) is 16.9. The number of non-ortho nitro benzene ring substituents is 1. The molecule has 2 aromatic carbocycles. The number of amides is 2. The Labute approximate surface area is 205 Å². The first kappa shape index (κ1) is 24.2. The highest BCUT2D eigenvalue weighted by atomic mass is 32.2. The van der Waals surface area contributed by atoms with E-state index in [1.807, 2.05) is 36.1 Å². The summed E-state index contributed by atoms with van der Waals surface area (Å²) in [5.41, 5.74) is 2.25. The number of carbonyl (C=O) groups is 2. The Morgan fingerprint density at radius 1 is 1.06 bits per heavy atom. The van der Waals surface area contributed by atoms with Crippen LogP contribution in [0.2, 0.25) is 0 Å². The number of piperazine rings is 1. The Bertz CT molecular complexity index is 1190. The third kappa shape index (κ3) is 6.15. The molecule has 1 aromatic heterocycles. The Balaban J connectivity index is 1.25. The second kappa shape index (κ2) is 11.0. The Morgan fingerprint density at radius 2 is 1.74 bits per heavy atom. The van der Waals surface area contributed by atoms with Gasteiger partial charge in [0.1, 0.15) is 0 Å². The predicted octanol–water partition coefficient (Wildman–Crippen LogP) is 3.43. The maximum Gasteiger partial charge on any atom is 0.277 e. The lowest BCUT2D eigenvalue weighted by Gasteiger charge is -2.36. The van der Waals surface area contributed by atoms with Gasteiger partial charge in [-0.3, -0.25) is 19.7 Å². The van der Waals surface area contributed by atoms with Crippen molar-refractivity contribution in [1.82, 2.24) is 15.1 Å². The molecular formula is C23H24N6O5S. The largest absolute Gasteiger partial charge is 0.411 e. The molecule has 1 aliphatic heterocycles. The molecule has 12 heteroatoms. The highest BCUT2D eigenvalue weighted by Crippen LogP contribution is 2.25. The fourth-order valence-electron chi connectivity index (χ4n) is 3.63. The molecule has 2 heterocycles. The van der Waals surface area contributed by atoms with Crippen LogP contribution in [0.1, 0.15) is 13.3 Å². The van der Waals surface area contributed by atoms with E-state index in [0.29, 0.717) is 30.8 Å². The molecule has 0 unspecified atom stereocenters. The smallest absolute Gasteiger partial charge is 0.277 e. The minimum Gasteiger partial charge on any atom is -0.411 e. The topological polar surface area (TPSA) is 135 Å². The van der Waals surface area contributed by atoms with Crippen molar-refractivity contribution in [2.45, 2.75) is 18.6 Å². The summed E-state index contributed by atoms with van der Waals surface area (Å²) in [6.07, 6.45) is 0.528. The van der Waals surface area contributed by atoms with Gasteiger partial charge in [0, 0.05) is 61.7 Å². The molecule has 0 saturated carbocycles. The number of hydrogen-bond acceptors (Lipinski definition) is 9. The lowest BCUT2D eigenvalue weighted by molar-refractivity contribution is -0.384. The van der Waals surface area contributed by atoms with E-state index in [9.17, 15) is 19.7 Å². The van der Waals surface area contributed by atoms with E-state index in [2.05, 4.69) is 20.4 Å². The number of carbonyl (C=O) groups excluding carboxylic acids is 2. The summed E-state index contributed by atoms with van der Waals surface area (Å²) in [5.74, 6) is 0.267. The molecule has 3 aromatic rings. The Morgan fingerprint density at radius 3 is 2.37 bits per heavy atom. The van der Waals surface area contributed by atoms with Crippen LogP contribution in [-0.2, 0) is 9.59 Å². The number of anilines is 2. The standard InChI is InChI=1S/C23H24N6O5S/c1-2-21(31)28-13-11-27(12-14-28)18-9-5-17(6-10-18)24-20(30)15-35-23-26-25-22(34-23)16-3-7-19(8-4-16)29(32)33/h3-10H,2,11-15H2,1H3,(H,24,30). The summed E-state index contributed by atoms with van der Waals surface area (Å²) in [6.45, 7) is 4.86. The van der Waals surface area contributed by atoms with Gasteiger partial charge in [0.2, 0.25) is 17.7 Å². The van der Waals surface area contributed by atoms with Crippen LogP contribution in [0.3, 0.4) is 0 Å². The number of rotatable bonds is 8. The molecule has 0 radical (unpaired) electrons. The first-order valence-corrected chi connectivity index (χ1v) is 12.0. The van der Waals surface area contributed by atoms with Gasteiger partial charge in [0.05, 0.1) is 10.7 Å². The summed E-state index contributed by atoms with van der Waals surface area (Å²) < 4.78 is 5.54. The second-order valence-corrected chi connectivity index (χ2v) is 8.71. The molecule has 1 N–H and O–H groups in total. The zero-order chi connectivity index (χ0) is 24.8. The van der Waals surface area contributed by atoms with Crippen molar-refractivity contribution in [3.8, 4) is 11.5 Å². The van der Waals surface area contributed by atoms with Crippen molar-refractivity contribution in [2.75, 3.05) is 42.1 Å². The number of benzene rings is 2. The fraction of sp³-hybridized carbons (Fsp3) is 0.304. The zero-order valence-electron chi connectivity index (χ0n) is 19.0. The molecule has 0 atom stereocenters. The van der Waals surface area contributed by atoms with Crippen molar-refractivity contribution in [3.63, 3.8) is 0 Å². The van der Waals surface area contributed by atoms with Gasteiger partial charge in [-0.2, -0.15) is 0 Å². The number of thioether (sulfide) groups is 1. The van der Waals surface area contributed by atoms with Crippen LogP contribution in [0.15, 0.2) is 58.2 Å². The average molecular weight is 497 g/mol. The molecule has 1 saturated heterocycles. The van der Waals surface area contributed by atoms with Crippen LogP contribution in [0.4, 0.5) is 17.1 Å². The Hall–Kier alpha value is -3.93. The summed E-state index contributed by atoms with van der Waals surface area (Å²) in [6, 6.07) is 13.4. The van der Waals surface area contributed by atoms with Crippen molar-refractivity contribution in [3.05, 3.63) is 58.6 Å². The van der Waals surface area contributed by atoms with Gasteiger partial charge >= 0.3 is 0 Å². The molecule has 0 aliphatic carbocycles. The predicted molar refractivity (Wildman–Crippen MR) is 131 cm³/mol. The molecule has 4 rings (SSSR count). The maximum absolute atomic E-state index is 12.3. The molecule has 1 aliphatic rings. The number of aromatic nitrogens is 2. The third-order valence-electron chi connectivity index (χ3n) is 5.51. The van der Waals surface area contributed by atoms with Crippen molar-refractivity contribution < 1.29 is 18.9 Å². The van der Waals surface area contributed by atoms with Gasteiger partial charge in [0.15, 0.2) is 0 Å². The van der Waals surface area contributed by atoms with Gasteiger partial charge in [0.25, 0.3) is 10.9 Å². The fourth-order valence-corrected chi connectivity index (χ4v) is 4.19. The zero-order valence-corrected chi connectivity index (χ0v) is 19.9. The third-order valence-corrected chi connectivity index (χ3v) is 6.33. The number of nitrogens with zero attached hydrogens (tertiary/aromatic N) is 5. The van der Waals surface area contributed by atoms with Gasteiger partial charge in [-0.15, -0.1) is 10.2 Å². The molecular weight excluding hydrogens is 472 g/mol. The van der Waals surface area contributed by atoms with E-state index in [4.69, 9.17) is 4.42 Å². The summed E-state index contributed by atoms with van der Waals surface area (Å²) in [7, 11) is 0. The van der Waals surface area contributed by atoms with Gasteiger partial charge in [-0.25, -0.2) is 0 Å². The van der Waals surface area contributed by atoms with Crippen molar-refractivity contribution >= 4 is 40.6 Å². The monoisotopic (exact) mass is 496 g/mol. The second-order valence-electron chi connectivity index (χ2n) is 7.78. The van der Waals surface area contributed by atoms with E-state index in [0.717, 1.165) is 30.5 Å². The van der Waals surface area contributed by atoms with Gasteiger partial charge in [-0.05, 0) is 36.4 Å². The highest BCUT2D eigenvalue weighted by Gasteiger charge is 2.20. The number of nitro groups is 1. The molecule has 1 fully saturated rings. The highest BCUT2D eigenvalue weighted by molar-refractivity contribution is 7.99. The van der Waals surface area contributed by atoms with E-state index in [1.165, 1.54) is 24.3 Å². The van der Waals surface area contributed by atoms with Crippen molar-refractivity contribution in [2.24, 2.45) is 0 Å². The van der Waals surface area contributed by atoms with E-state index >= 15 is 0 Å². The van der Waals surface area contributed by atoms with Crippen molar-refractivity contribution in [1.29, 1.82) is 0 Å². The SMILES string of the molecule is CCC(=O)N1CCN(c2ccc(NC(=O)CSc3nnc(-c4ccc([N+](=O)[O-])cc4)o3)cc2)CC1. The van der Waals surface area contributed by atoms with Crippen LogP contribution in [0.25, 0.3) is 11.5 Å². The minimum absolute atomic E-state index is 0.0291.